The molecule has 1 nitrogen and oxygen atoms in total. The molecule has 0 amide bonds. The summed E-state index contributed by atoms with van der Waals surface area (Å²) in [5.41, 5.74) is 0.751. The van der Waals surface area contributed by atoms with Crippen LogP contribution in [0.4, 0.5) is 0 Å². The zero-order chi connectivity index (χ0) is 7.28. The minimum Gasteiger partial charge on any atom is -0.417 e. The van der Waals surface area contributed by atoms with Crippen LogP contribution in [0.25, 0.3) is 0 Å². The van der Waals surface area contributed by atoms with Gasteiger partial charge in [-0.2, -0.15) is 0 Å². The van der Waals surface area contributed by atoms with Crippen LogP contribution >= 0.6 is 0 Å². The lowest BCUT2D eigenvalue weighted by Gasteiger charge is -2.12. The molecule has 9 heavy (non-hydrogen) atoms. The fourth-order valence-corrected chi connectivity index (χ4v) is 1.29. The van der Waals surface area contributed by atoms with Gasteiger partial charge in [-0.1, -0.05) is 20.8 Å². The lowest BCUT2D eigenvalue weighted by molar-refractivity contribution is 0.317. The van der Waals surface area contributed by atoms with E-state index in [4.69, 9.17) is 4.43 Å². The van der Waals surface area contributed by atoms with Gasteiger partial charge >= 0.3 is 0 Å². The zero-order valence-corrected chi connectivity index (χ0v) is 7.90. The Balaban J connectivity index is 3.16. The fourth-order valence-electron chi connectivity index (χ4n) is 0.430. The van der Waals surface area contributed by atoms with Crippen LogP contribution in [0, 0.1) is 0 Å². The second-order valence-corrected chi connectivity index (χ2v) is 5.28. The van der Waals surface area contributed by atoms with Crippen LogP contribution in [0.3, 0.4) is 0 Å². The van der Waals surface area contributed by atoms with E-state index >= 15 is 0 Å². The molecule has 2 heteroatoms. The van der Waals surface area contributed by atoms with Crippen molar-refractivity contribution in [3.05, 3.63) is 0 Å². The molecule has 0 aliphatic carbocycles. The topological polar surface area (TPSA) is 9.23 Å². The van der Waals surface area contributed by atoms with E-state index in [9.17, 15) is 0 Å². The van der Waals surface area contributed by atoms with Crippen molar-refractivity contribution in [2.24, 2.45) is 0 Å². The van der Waals surface area contributed by atoms with Crippen molar-refractivity contribution in [3.63, 3.8) is 0 Å². The summed E-state index contributed by atoms with van der Waals surface area (Å²) < 4.78 is 5.55. The average Bonchev–Trinajstić information content (AvgIpc) is 1.82. The Morgan fingerprint density at radius 3 is 2.33 bits per heavy atom. The largest absolute Gasteiger partial charge is 0.417 e. The average molecular weight is 145 g/mol. The van der Waals surface area contributed by atoms with Gasteiger partial charge in [0.1, 0.15) is 0 Å². The van der Waals surface area contributed by atoms with Crippen LogP contribution in [0.5, 0.6) is 0 Å². The summed E-state index contributed by atoms with van der Waals surface area (Å²) in [4.78, 5) is 0. The Labute approximate surface area is 60.1 Å². The predicted octanol–water partition coefficient (Wildman–Crippen LogP) is 2.44. The smallest absolute Gasteiger partial charge is 0.210 e. The van der Waals surface area contributed by atoms with Gasteiger partial charge in [-0.25, -0.2) is 0 Å². The van der Waals surface area contributed by atoms with E-state index in [1.54, 1.807) is 0 Å². The number of hydrogen-bond acceptors (Lipinski definition) is 1. The molecule has 0 aliphatic heterocycles. The molecule has 0 rings (SSSR count). The van der Waals surface area contributed by atoms with E-state index in [-0.39, 0.29) is 0 Å². The Kier molecular flexibility index (Phi) is 5.10. The maximum atomic E-state index is 5.55. The van der Waals surface area contributed by atoms with Crippen molar-refractivity contribution in [2.75, 3.05) is 6.61 Å². The SMILES string of the molecule is CCCO[Si](C)C(C)C. The van der Waals surface area contributed by atoms with E-state index in [1.165, 1.54) is 0 Å². The third-order valence-corrected chi connectivity index (χ3v) is 3.63. The highest BCUT2D eigenvalue weighted by molar-refractivity contribution is 6.51. The van der Waals surface area contributed by atoms with E-state index in [0.717, 1.165) is 18.6 Å². The molecule has 0 atom stereocenters. The molecule has 0 fully saturated rings. The summed E-state index contributed by atoms with van der Waals surface area (Å²) >= 11 is 0. The molecule has 55 valence electrons. The van der Waals surface area contributed by atoms with Crippen molar-refractivity contribution in [1.82, 2.24) is 0 Å². The summed E-state index contributed by atoms with van der Waals surface area (Å²) in [5, 5.41) is 0. The molecule has 0 aromatic rings. The van der Waals surface area contributed by atoms with Gasteiger partial charge in [-0.15, -0.1) is 0 Å². The minimum atomic E-state index is -0.469. The zero-order valence-electron chi connectivity index (χ0n) is 6.90. The highest BCUT2D eigenvalue weighted by Crippen LogP contribution is 2.07. The summed E-state index contributed by atoms with van der Waals surface area (Å²) in [5.74, 6) is 0. The van der Waals surface area contributed by atoms with Crippen molar-refractivity contribution < 1.29 is 4.43 Å². The first-order chi connectivity index (χ1) is 4.18. The second kappa shape index (κ2) is 5.00. The van der Waals surface area contributed by atoms with Gasteiger partial charge in [-0.3, -0.25) is 0 Å². The molecule has 0 heterocycles. The fraction of sp³-hybridized carbons (Fsp3) is 1.00. The normalized spacial score (nSPS) is 11.3. The monoisotopic (exact) mass is 145 g/mol. The van der Waals surface area contributed by atoms with Crippen LogP contribution in [-0.4, -0.2) is 15.6 Å². The molecule has 0 saturated heterocycles. The summed E-state index contributed by atoms with van der Waals surface area (Å²) in [6.07, 6.45) is 1.15. The molecule has 0 unspecified atom stereocenters. The Bertz CT molecular complexity index is 63.9. The summed E-state index contributed by atoms with van der Waals surface area (Å²) in [6, 6.07) is 0. The van der Waals surface area contributed by atoms with Crippen LogP contribution in [0.2, 0.25) is 12.1 Å². The van der Waals surface area contributed by atoms with Crippen LogP contribution in [-0.2, 0) is 4.43 Å². The molecule has 0 aromatic carbocycles. The van der Waals surface area contributed by atoms with Gasteiger partial charge in [0.15, 0.2) is 0 Å². The Morgan fingerprint density at radius 2 is 2.00 bits per heavy atom. The number of hydrogen-bond donors (Lipinski definition) is 0. The first-order valence-electron chi connectivity index (χ1n) is 3.64. The quantitative estimate of drug-likeness (QED) is 0.552. The molecule has 1 radical (unpaired) electrons. The molecular formula is C7H17OSi. The highest BCUT2D eigenvalue weighted by atomic mass is 28.3. The van der Waals surface area contributed by atoms with E-state index in [2.05, 4.69) is 27.3 Å². The van der Waals surface area contributed by atoms with Crippen LogP contribution in [0.1, 0.15) is 27.2 Å². The standard InChI is InChI=1S/C7H17OSi/c1-5-6-8-9(4)7(2)3/h7H,5-6H2,1-4H3. The maximum Gasteiger partial charge on any atom is 0.210 e. The summed E-state index contributed by atoms with van der Waals surface area (Å²) in [6.45, 7) is 9.78. The molecule has 0 N–H and O–H groups in total. The van der Waals surface area contributed by atoms with Crippen molar-refractivity contribution in [2.45, 2.75) is 39.3 Å². The molecule has 0 spiro atoms. The summed E-state index contributed by atoms with van der Waals surface area (Å²) in [7, 11) is -0.469. The first-order valence-corrected chi connectivity index (χ1v) is 5.63. The Morgan fingerprint density at radius 1 is 1.44 bits per heavy atom. The van der Waals surface area contributed by atoms with Gasteiger partial charge in [0, 0.05) is 6.61 Å². The Hall–Kier alpha value is 0.177. The van der Waals surface area contributed by atoms with E-state index in [1.807, 2.05) is 0 Å². The molecule has 0 bridgehead atoms. The van der Waals surface area contributed by atoms with Crippen LogP contribution in [0.15, 0.2) is 0 Å². The molecular weight excluding hydrogens is 128 g/mol. The molecule has 0 aromatic heterocycles. The third-order valence-electron chi connectivity index (χ3n) is 1.35. The minimum absolute atomic E-state index is 0.469. The molecule has 0 aliphatic rings. The van der Waals surface area contributed by atoms with Gasteiger partial charge in [0.05, 0.1) is 0 Å². The van der Waals surface area contributed by atoms with Gasteiger partial charge < -0.3 is 4.43 Å². The first kappa shape index (κ1) is 9.18. The van der Waals surface area contributed by atoms with Gasteiger partial charge in [0.2, 0.25) is 9.04 Å². The molecule has 0 saturated carbocycles. The third kappa shape index (κ3) is 4.67. The van der Waals surface area contributed by atoms with E-state index < -0.39 is 9.04 Å². The number of rotatable bonds is 4. The highest BCUT2D eigenvalue weighted by Gasteiger charge is 2.09. The van der Waals surface area contributed by atoms with Crippen molar-refractivity contribution in [1.29, 1.82) is 0 Å². The van der Waals surface area contributed by atoms with Crippen molar-refractivity contribution >= 4 is 9.04 Å². The van der Waals surface area contributed by atoms with E-state index in [0.29, 0.717) is 0 Å². The van der Waals surface area contributed by atoms with Crippen LogP contribution < -0.4 is 0 Å². The van der Waals surface area contributed by atoms with Crippen molar-refractivity contribution in [3.8, 4) is 0 Å². The van der Waals surface area contributed by atoms with Gasteiger partial charge in [-0.05, 0) is 18.5 Å². The second-order valence-electron chi connectivity index (χ2n) is 2.61. The predicted molar refractivity (Wildman–Crippen MR) is 43.0 cm³/mol. The van der Waals surface area contributed by atoms with Gasteiger partial charge in [0.25, 0.3) is 0 Å². The maximum absolute atomic E-state index is 5.55. The lowest BCUT2D eigenvalue weighted by Crippen LogP contribution is -2.17. The lowest BCUT2D eigenvalue weighted by atomic mass is 10.5.